The van der Waals surface area contributed by atoms with Gasteiger partial charge in [-0.3, -0.25) is 4.57 Å². The van der Waals surface area contributed by atoms with E-state index in [1.54, 1.807) is 0 Å². The largest absolute Gasteiger partial charge is 0.455 e. The van der Waals surface area contributed by atoms with Crippen LogP contribution in [0.3, 0.4) is 0 Å². The molecule has 0 saturated carbocycles. The molecule has 0 fully saturated rings. The van der Waals surface area contributed by atoms with Crippen molar-refractivity contribution < 1.29 is 4.42 Å². The van der Waals surface area contributed by atoms with Crippen LogP contribution in [0.4, 0.5) is 0 Å². The summed E-state index contributed by atoms with van der Waals surface area (Å²) in [5.41, 5.74) is 9.93. The van der Waals surface area contributed by atoms with E-state index in [-0.39, 0.29) is 0 Å². The highest BCUT2D eigenvalue weighted by Gasteiger charge is 2.21. The van der Waals surface area contributed by atoms with Crippen molar-refractivity contribution >= 4 is 43.7 Å². The van der Waals surface area contributed by atoms with Gasteiger partial charge in [-0.15, -0.1) is 0 Å². The van der Waals surface area contributed by atoms with Crippen LogP contribution in [0, 0.1) is 0 Å². The van der Waals surface area contributed by atoms with Crippen molar-refractivity contribution in [3.05, 3.63) is 200 Å². The Morgan fingerprint density at radius 2 is 0.742 bits per heavy atom. The molecule has 0 radical (unpaired) electrons. The molecule has 0 aliphatic rings. The van der Waals surface area contributed by atoms with Crippen LogP contribution in [0.1, 0.15) is 0 Å². The number of fused-ring (bicyclic) bond motifs is 6. The second-order valence-electron chi connectivity index (χ2n) is 15.1. The van der Waals surface area contributed by atoms with Gasteiger partial charge in [-0.05, 0) is 41.5 Å². The number of hydrogen-bond donors (Lipinski definition) is 0. The zero-order chi connectivity index (χ0) is 41.0. The molecule has 4 heterocycles. The number of rotatable bonds is 7. The van der Waals surface area contributed by atoms with E-state index in [0.29, 0.717) is 46.2 Å². The van der Waals surface area contributed by atoms with E-state index >= 15 is 0 Å². The molecule has 12 aromatic rings. The number of nitrogens with zero attached hydrogens (tertiary/aromatic N) is 7. The van der Waals surface area contributed by atoms with Gasteiger partial charge in [0.2, 0.25) is 5.95 Å². The fourth-order valence-electron chi connectivity index (χ4n) is 8.35. The van der Waals surface area contributed by atoms with Crippen LogP contribution in [0.5, 0.6) is 0 Å². The maximum atomic E-state index is 6.82. The minimum atomic E-state index is 0.508. The fraction of sp³-hybridized carbons (Fsp3) is 0. The van der Waals surface area contributed by atoms with Crippen LogP contribution in [0.2, 0.25) is 0 Å². The SMILES string of the molecule is c1ccc(-c2ccc(-c3nc(-c4ccccc4)nc(-c4ccc5c(c4)oc4c(-c6nc(-c7ccccc7)nc(-n7c8ccccc8c8ccccc87)n6)cccc45)n3)cc2)cc1. The minimum absolute atomic E-state index is 0.508. The van der Waals surface area contributed by atoms with Crippen LogP contribution in [0.25, 0.3) is 118 Å². The third kappa shape index (κ3) is 6.09. The monoisotopic (exact) mass is 795 g/mol. The highest BCUT2D eigenvalue weighted by atomic mass is 16.3. The lowest BCUT2D eigenvalue weighted by Gasteiger charge is -2.11. The van der Waals surface area contributed by atoms with Crippen molar-refractivity contribution in [3.8, 4) is 74.0 Å². The van der Waals surface area contributed by atoms with E-state index in [1.165, 1.54) is 0 Å². The fourth-order valence-corrected chi connectivity index (χ4v) is 8.35. The lowest BCUT2D eigenvalue weighted by atomic mass is 10.0. The molecular formula is C54H33N7O. The predicted octanol–water partition coefficient (Wildman–Crippen LogP) is 13.1. The molecule has 290 valence electrons. The van der Waals surface area contributed by atoms with Crippen molar-refractivity contribution in [1.82, 2.24) is 34.5 Å². The summed E-state index contributed by atoms with van der Waals surface area (Å²) in [4.78, 5) is 30.5. The van der Waals surface area contributed by atoms with Crippen LogP contribution in [-0.4, -0.2) is 34.5 Å². The first-order chi connectivity index (χ1) is 30.7. The normalized spacial score (nSPS) is 11.5. The van der Waals surface area contributed by atoms with E-state index in [0.717, 1.165) is 71.5 Å². The summed E-state index contributed by atoms with van der Waals surface area (Å²) in [5, 5.41) is 4.16. The minimum Gasteiger partial charge on any atom is -0.455 e. The number of aromatic nitrogens is 7. The Labute approximate surface area is 355 Å². The van der Waals surface area contributed by atoms with Gasteiger partial charge in [-0.2, -0.15) is 9.97 Å². The van der Waals surface area contributed by atoms with Crippen molar-refractivity contribution in [2.24, 2.45) is 0 Å². The van der Waals surface area contributed by atoms with Gasteiger partial charge >= 0.3 is 0 Å². The molecule has 4 aromatic heterocycles. The Hall–Kier alpha value is -8.62. The Morgan fingerprint density at radius 1 is 0.306 bits per heavy atom. The summed E-state index contributed by atoms with van der Waals surface area (Å²) < 4.78 is 8.95. The summed E-state index contributed by atoms with van der Waals surface area (Å²) in [6, 6.07) is 67.7. The van der Waals surface area contributed by atoms with Gasteiger partial charge in [-0.1, -0.05) is 170 Å². The van der Waals surface area contributed by atoms with Crippen molar-refractivity contribution in [2.75, 3.05) is 0 Å². The average Bonchev–Trinajstić information content (AvgIpc) is 3.90. The number of hydrogen-bond acceptors (Lipinski definition) is 7. The molecule has 0 bridgehead atoms. The Kier molecular flexibility index (Phi) is 8.31. The molecule has 8 heteroatoms. The molecule has 0 spiro atoms. The van der Waals surface area contributed by atoms with E-state index in [2.05, 4.69) is 89.5 Å². The van der Waals surface area contributed by atoms with Crippen molar-refractivity contribution in [1.29, 1.82) is 0 Å². The van der Waals surface area contributed by atoms with Gasteiger partial charge in [0.25, 0.3) is 0 Å². The molecule has 0 N–H and O–H groups in total. The Bertz CT molecular complexity index is 3570. The maximum absolute atomic E-state index is 6.82. The second-order valence-corrected chi connectivity index (χ2v) is 15.1. The van der Waals surface area contributed by atoms with E-state index < -0.39 is 0 Å². The van der Waals surface area contributed by atoms with Gasteiger partial charge in [0, 0.05) is 43.8 Å². The molecule has 0 atom stereocenters. The van der Waals surface area contributed by atoms with Gasteiger partial charge < -0.3 is 4.42 Å². The lowest BCUT2D eigenvalue weighted by Crippen LogP contribution is -2.06. The molecule has 0 unspecified atom stereocenters. The molecule has 8 nitrogen and oxygen atoms in total. The van der Waals surface area contributed by atoms with Gasteiger partial charge in [0.05, 0.1) is 16.6 Å². The Balaban J connectivity index is 1.00. The zero-order valence-corrected chi connectivity index (χ0v) is 33.1. The molecule has 12 rings (SSSR count). The smallest absolute Gasteiger partial charge is 0.238 e. The lowest BCUT2D eigenvalue weighted by molar-refractivity contribution is 0.669. The first-order valence-corrected chi connectivity index (χ1v) is 20.5. The standard InChI is InChI=1S/C54H33N7O/c1-4-15-34(16-5-1)35-27-29-38(30-28-35)50-55-49(36-17-6-2-7-18-36)56-52(57-50)39-31-32-42-43-23-14-24-44(48(43)62-47(42)33-39)53-58-51(37-19-8-3-9-20-37)59-54(60-53)61-45-25-12-10-21-40(45)41-22-11-13-26-46(41)61/h1-33H. The van der Waals surface area contributed by atoms with Crippen LogP contribution < -0.4 is 0 Å². The summed E-state index contributed by atoms with van der Waals surface area (Å²) in [6.07, 6.45) is 0. The van der Waals surface area contributed by atoms with E-state index in [4.69, 9.17) is 34.3 Å². The maximum Gasteiger partial charge on any atom is 0.238 e. The summed E-state index contributed by atoms with van der Waals surface area (Å²) in [5.74, 6) is 3.32. The second kappa shape index (κ2) is 14.6. The van der Waals surface area contributed by atoms with Crippen molar-refractivity contribution in [3.63, 3.8) is 0 Å². The summed E-state index contributed by atoms with van der Waals surface area (Å²) in [7, 11) is 0. The molecule has 8 aromatic carbocycles. The molecule has 0 amide bonds. The van der Waals surface area contributed by atoms with Gasteiger partial charge in [0.15, 0.2) is 29.1 Å². The number of furan rings is 1. The van der Waals surface area contributed by atoms with Crippen LogP contribution >= 0.6 is 0 Å². The third-order valence-electron chi connectivity index (χ3n) is 11.4. The summed E-state index contributed by atoms with van der Waals surface area (Å²) >= 11 is 0. The quantitative estimate of drug-likeness (QED) is 0.158. The molecule has 0 saturated heterocycles. The highest BCUT2D eigenvalue weighted by Crippen LogP contribution is 2.38. The van der Waals surface area contributed by atoms with Crippen molar-refractivity contribution in [2.45, 2.75) is 0 Å². The Morgan fingerprint density at radius 3 is 1.37 bits per heavy atom. The zero-order valence-electron chi connectivity index (χ0n) is 33.1. The summed E-state index contributed by atoms with van der Waals surface area (Å²) in [6.45, 7) is 0. The average molecular weight is 796 g/mol. The predicted molar refractivity (Wildman–Crippen MR) is 247 cm³/mol. The number of para-hydroxylation sites is 3. The molecule has 0 aliphatic carbocycles. The third-order valence-corrected chi connectivity index (χ3v) is 11.4. The highest BCUT2D eigenvalue weighted by molar-refractivity contribution is 6.10. The van der Waals surface area contributed by atoms with E-state index in [9.17, 15) is 0 Å². The molecular weight excluding hydrogens is 763 g/mol. The first kappa shape index (κ1) is 35.3. The molecule has 62 heavy (non-hydrogen) atoms. The van der Waals surface area contributed by atoms with Crippen LogP contribution in [0.15, 0.2) is 205 Å². The first-order valence-electron chi connectivity index (χ1n) is 20.5. The molecule has 0 aliphatic heterocycles. The van der Waals surface area contributed by atoms with Crippen LogP contribution in [-0.2, 0) is 0 Å². The van der Waals surface area contributed by atoms with E-state index in [1.807, 2.05) is 115 Å². The topological polar surface area (TPSA) is 95.4 Å². The van der Waals surface area contributed by atoms with Gasteiger partial charge in [-0.25, -0.2) is 19.9 Å². The van der Waals surface area contributed by atoms with Gasteiger partial charge in [0.1, 0.15) is 11.2 Å². The number of benzene rings is 8.